The number of carbonyl (C=O) groups is 1. The first kappa shape index (κ1) is 26.3. The van der Waals surface area contributed by atoms with Crippen molar-refractivity contribution in [3.63, 3.8) is 0 Å². The van der Waals surface area contributed by atoms with E-state index in [0.717, 1.165) is 38.2 Å². The van der Waals surface area contributed by atoms with Crippen molar-refractivity contribution in [1.82, 2.24) is 4.90 Å². The van der Waals surface area contributed by atoms with Gasteiger partial charge in [0.15, 0.2) is 0 Å². The second kappa shape index (κ2) is 12.2. The number of hydrogen-bond acceptors (Lipinski definition) is 4. The Kier molecular flexibility index (Phi) is 10.7. The van der Waals surface area contributed by atoms with E-state index in [-0.39, 0.29) is 36.7 Å². The molecule has 2 aromatic carbocycles. The zero-order valence-corrected chi connectivity index (χ0v) is 19.8. The fraction of sp³-hybridized carbons (Fsp3) is 0.458. The topological polar surface area (TPSA) is 32.8 Å². The Bertz CT molecular complexity index is 760. The molecule has 0 radical (unpaired) electrons. The van der Waals surface area contributed by atoms with Crippen LogP contribution in [0.2, 0.25) is 0 Å². The lowest BCUT2D eigenvalue weighted by molar-refractivity contribution is -0.175. The molecule has 2 aromatic rings. The minimum Gasteiger partial charge on any atom is -0.454 e. The maximum Gasteiger partial charge on any atom is 0.306 e. The molecule has 166 valence electrons. The number of ether oxygens (including phenoxy) is 1. The normalized spacial score (nSPS) is 21.1. The van der Waals surface area contributed by atoms with Gasteiger partial charge in [-0.05, 0) is 17.7 Å². The molecule has 1 heterocycles. The number of rotatable bonds is 7. The first-order valence-corrected chi connectivity index (χ1v) is 10.3. The summed E-state index contributed by atoms with van der Waals surface area (Å²) in [6, 6.07) is 20.7. The third kappa shape index (κ3) is 6.13. The first-order valence-electron chi connectivity index (χ1n) is 10.3. The minimum absolute atomic E-state index is 0. The van der Waals surface area contributed by atoms with Gasteiger partial charge < -0.3 is 14.5 Å². The van der Waals surface area contributed by atoms with E-state index in [1.165, 1.54) is 5.69 Å². The maximum absolute atomic E-state index is 12.2. The van der Waals surface area contributed by atoms with Gasteiger partial charge in [-0.1, -0.05) is 62.4 Å². The molecule has 1 aliphatic rings. The van der Waals surface area contributed by atoms with Gasteiger partial charge >= 0.3 is 5.97 Å². The predicted molar refractivity (Wildman–Crippen MR) is 129 cm³/mol. The zero-order valence-electron chi connectivity index (χ0n) is 18.1. The Hall–Kier alpha value is -1.75. The van der Waals surface area contributed by atoms with Gasteiger partial charge in [0.1, 0.15) is 5.60 Å². The van der Waals surface area contributed by atoms with Crippen LogP contribution in [0.4, 0.5) is 5.69 Å². The highest BCUT2D eigenvalue weighted by atomic mass is 35.5. The molecule has 6 heteroatoms. The summed E-state index contributed by atoms with van der Waals surface area (Å²) in [7, 11) is 2.14. The molecule has 0 bridgehead atoms. The number of likely N-dealkylation sites (N-methyl/N-ethyl adjacent to an activating group) is 1. The van der Waals surface area contributed by atoms with Gasteiger partial charge in [-0.15, -0.1) is 24.8 Å². The number of nitrogens with zero attached hydrogens (tertiary/aromatic N) is 2. The monoisotopic (exact) mass is 452 g/mol. The molecule has 1 saturated heterocycles. The third-order valence-electron chi connectivity index (χ3n) is 5.92. The van der Waals surface area contributed by atoms with Crippen molar-refractivity contribution in [2.24, 2.45) is 5.92 Å². The molecular weight excluding hydrogens is 419 g/mol. The zero-order chi connectivity index (χ0) is 20.0. The molecule has 30 heavy (non-hydrogen) atoms. The highest BCUT2D eigenvalue weighted by Gasteiger charge is 2.45. The Balaban J connectivity index is 0.00000225. The van der Waals surface area contributed by atoms with Crippen molar-refractivity contribution in [3.05, 3.63) is 66.2 Å². The number of esters is 1. The van der Waals surface area contributed by atoms with Crippen molar-refractivity contribution >= 4 is 36.5 Å². The molecule has 4 nitrogen and oxygen atoms in total. The highest BCUT2D eigenvalue weighted by Crippen LogP contribution is 2.41. The van der Waals surface area contributed by atoms with Crippen LogP contribution in [0, 0.1) is 5.92 Å². The number of benzene rings is 2. The van der Waals surface area contributed by atoms with Crippen LogP contribution in [0.25, 0.3) is 0 Å². The van der Waals surface area contributed by atoms with Crippen molar-refractivity contribution in [2.45, 2.75) is 32.3 Å². The summed E-state index contributed by atoms with van der Waals surface area (Å²) in [5, 5.41) is 0. The molecule has 1 aliphatic heterocycles. The summed E-state index contributed by atoms with van der Waals surface area (Å²) < 4.78 is 6.09. The van der Waals surface area contributed by atoms with E-state index in [1.54, 1.807) is 0 Å². The number of halogens is 2. The first-order chi connectivity index (χ1) is 13.5. The summed E-state index contributed by atoms with van der Waals surface area (Å²) in [6.07, 6.45) is 1.24. The second-order valence-corrected chi connectivity index (χ2v) is 7.79. The molecule has 0 amide bonds. The van der Waals surface area contributed by atoms with Crippen LogP contribution in [-0.2, 0) is 15.1 Å². The Morgan fingerprint density at radius 2 is 1.70 bits per heavy atom. The van der Waals surface area contributed by atoms with Crippen molar-refractivity contribution in [1.29, 1.82) is 0 Å². The van der Waals surface area contributed by atoms with Crippen molar-refractivity contribution < 1.29 is 9.53 Å². The van der Waals surface area contributed by atoms with Gasteiger partial charge in [-0.2, -0.15) is 0 Å². The summed E-state index contributed by atoms with van der Waals surface area (Å²) in [5.74, 6) is 0.120. The number of hydrogen-bond donors (Lipinski definition) is 0. The van der Waals surface area contributed by atoms with Crippen LogP contribution in [0.15, 0.2) is 60.7 Å². The van der Waals surface area contributed by atoms with Gasteiger partial charge in [0.25, 0.3) is 0 Å². The maximum atomic E-state index is 12.2. The lowest BCUT2D eigenvalue weighted by atomic mass is 9.76. The van der Waals surface area contributed by atoms with E-state index < -0.39 is 5.60 Å². The quantitative estimate of drug-likeness (QED) is 0.543. The Labute approximate surface area is 193 Å². The van der Waals surface area contributed by atoms with E-state index in [0.29, 0.717) is 6.42 Å². The minimum atomic E-state index is -0.518. The van der Waals surface area contributed by atoms with E-state index >= 15 is 0 Å². The van der Waals surface area contributed by atoms with E-state index in [9.17, 15) is 4.79 Å². The predicted octanol–water partition coefficient (Wildman–Crippen LogP) is 5.16. The van der Waals surface area contributed by atoms with Crippen LogP contribution in [0.3, 0.4) is 0 Å². The van der Waals surface area contributed by atoms with Gasteiger partial charge in [0.05, 0.1) is 0 Å². The third-order valence-corrected chi connectivity index (χ3v) is 5.92. The van der Waals surface area contributed by atoms with Gasteiger partial charge in [0.2, 0.25) is 0 Å². The molecular formula is C24H34Cl2N2O2. The van der Waals surface area contributed by atoms with Gasteiger partial charge in [-0.3, -0.25) is 4.79 Å². The van der Waals surface area contributed by atoms with Crippen LogP contribution in [0.5, 0.6) is 0 Å². The fourth-order valence-electron chi connectivity index (χ4n) is 4.14. The van der Waals surface area contributed by atoms with E-state index in [2.05, 4.69) is 60.2 Å². The average molecular weight is 453 g/mol. The largest absolute Gasteiger partial charge is 0.454 e. The molecule has 2 unspecified atom stereocenters. The van der Waals surface area contributed by atoms with E-state index in [4.69, 9.17) is 4.74 Å². The van der Waals surface area contributed by atoms with Gasteiger partial charge in [-0.25, -0.2) is 0 Å². The Morgan fingerprint density at radius 1 is 1.10 bits per heavy atom. The fourth-order valence-corrected chi connectivity index (χ4v) is 4.14. The molecule has 0 aliphatic carbocycles. The van der Waals surface area contributed by atoms with Crippen LogP contribution in [0.1, 0.15) is 32.3 Å². The molecule has 3 rings (SSSR count). The smallest absolute Gasteiger partial charge is 0.306 e. The molecule has 0 saturated carbocycles. The van der Waals surface area contributed by atoms with Crippen LogP contribution >= 0.6 is 24.8 Å². The molecule has 0 spiro atoms. The summed E-state index contributed by atoms with van der Waals surface area (Å²) in [4.78, 5) is 17.0. The average Bonchev–Trinajstić information content (AvgIpc) is 2.75. The number of likely N-dealkylation sites (tertiary alicyclic amines) is 1. The summed E-state index contributed by atoms with van der Waals surface area (Å²) >= 11 is 0. The Morgan fingerprint density at radius 3 is 2.27 bits per heavy atom. The highest BCUT2D eigenvalue weighted by molar-refractivity contribution is 5.85. The second-order valence-electron chi connectivity index (χ2n) is 7.79. The number of anilines is 1. The number of piperidine rings is 1. The molecule has 2 atom stereocenters. The summed E-state index contributed by atoms with van der Waals surface area (Å²) in [5.41, 5.74) is 1.84. The van der Waals surface area contributed by atoms with Crippen LogP contribution < -0.4 is 4.90 Å². The number of carbonyl (C=O) groups excluding carboxylic acids is 1. The van der Waals surface area contributed by atoms with Gasteiger partial charge in [0, 0.05) is 57.7 Å². The molecule has 0 aromatic heterocycles. The van der Waals surface area contributed by atoms with Crippen molar-refractivity contribution in [2.75, 3.05) is 38.1 Å². The number of para-hydroxylation sites is 1. The molecule has 0 N–H and O–H groups in total. The standard InChI is InChI=1S/C24H32N2O2.2ClH/c1-4-23(27)28-24(21-11-7-5-8-12-21)15-16-26(19-20(24)2)18-17-25(3)22-13-9-6-10-14-22;;/h5-14,20H,4,15-19H2,1-3H3;2*1H. The van der Waals surface area contributed by atoms with E-state index in [1.807, 2.05) is 31.2 Å². The lowest BCUT2D eigenvalue weighted by Gasteiger charge is -2.46. The lowest BCUT2D eigenvalue weighted by Crippen LogP contribution is -2.52. The summed E-state index contributed by atoms with van der Waals surface area (Å²) in [6.45, 7) is 7.91. The SMILES string of the molecule is CCC(=O)OC1(c2ccccc2)CCN(CCN(C)c2ccccc2)CC1C.Cl.Cl. The van der Waals surface area contributed by atoms with Crippen LogP contribution in [-0.4, -0.2) is 44.1 Å². The van der Waals surface area contributed by atoms with Crippen molar-refractivity contribution in [3.8, 4) is 0 Å². The molecule has 1 fully saturated rings.